The molecule has 0 saturated carbocycles. The summed E-state index contributed by atoms with van der Waals surface area (Å²) in [5.74, 6) is -0.0686. The standard InChI is InChI=1S/C10H12N2O4S/c1-5-8(16-6(2)11-5)9(13)12-4-17-3-7(12)10(14)15/h7H,3-4H2,1-2H3,(H,14,15). The van der Waals surface area contributed by atoms with Crippen LogP contribution in [0.4, 0.5) is 0 Å². The Hall–Kier alpha value is -1.50. The SMILES string of the molecule is Cc1nc(C)c(C(=O)N2CSCC2C(=O)O)o1. The first-order valence-electron chi connectivity index (χ1n) is 5.06. The fourth-order valence-electron chi connectivity index (χ4n) is 1.71. The zero-order chi connectivity index (χ0) is 12.6. The van der Waals surface area contributed by atoms with Gasteiger partial charge in [0, 0.05) is 12.7 Å². The number of thioether (sulfide) groups is 1. The van der Waals surface area contributed by atoms with Gasteiger partial charge in [0.15, 0.2) is 5.89 Å². The van der Waals surface area contributed by atoms with Crippen molar-refractivity contribution in [1.82, 2.24) is 9.88 Å². The fraction of sp³-hybridized carbons (Fsp3) is 0.500. The lowest BCUT2D eigenvalue weighted by Crippen LogP contribution is -2.41. The summed E-state index contributed by atoms with van der Waals surface area (Å²) in [5, 5.41) is 9.00. The van der Waals surface area contributed by atoms with Crippen LogP contribution < -0.4 is 0 Å². The van der Waals surface area contributed by atoms with Gasteiger partial charge in [0.05, 0.1) is 11.6 Å². The number of aromatic nitrogens is 1. The lowest BCUT2D eigenvalue weighted by atomic mass is 10.2. The second-order valence-electron chi connectivity index (χ2n) is 3.78. The molecule has 0 aliphatic carbocycles. The van der Waals surface area contributed by atoms with Gasteiger partial charge in [-0.05, 0) is 6.92 Å². The molecule has 92 valence electrons. The minimum atomic E-state index is -0.989. The van der Waals surface area contributed by atoms with Crippen molar-refractivity contribution in [2.75, 3.05) is 11.6 Å². The first-order valence-corrected chi connectivity index (χ1v) is 6.21. The van der Waals surface area contributed by atoms with Crippen molar-refractivity contribution in [3.63, 3.8) is 0 Å². The fourth-order valence-corrected chi connectivity index (χ4v) is 2.85. The molecule has 1 aliphatic rings. The zero-order valence-corrected chi connectivity index (χ0v) is 10.3. The number of carbonyl (C=O) groups is 2. The van der Waals surface area contributed by atoms with E-state index in [0.29, 0.717) is 23.2 Å². The van der Waals surface area contributed by atoms with Crippen molar-refractivity contribution in [1.29, 1.82) is 0 Å². The van der Waals surface area contributed by atoms with Crippen molar-refractivity contribution in [2.45, 2.75) is 19.9 Å². The third-order valence-electron chi connectivity index (χ3n) is 2.53. The average Bonchev–Trinajstić information content (AvgIpc) is 2.83. The van der Waals surface area contributed by atoms with Gasteiger partial charge >= 0.3 is 5.97 Å². The molecular weight excluding hydrogens is 244 g/mol. The van der Waals surface area contributed by atoms with E-state index in [1.165, 1.54) is 16.7 Å². The van der Waals surface area contributed by atoms with Crippen LogP contribution >= 0.6 is 11.8 Å². The van der Waals surface area contributed by atoms with Gasteiger partial charge in [-0.15, -0.1) is 11.8 Å². The number of carboxylic acids is 1. The molecule has 1 aromatic rings. The number of hydrogen-bond acceptors (Lipinski definition) is 5. The van der Waals surface area contributed by atoms with Gasteiger partial charge in [0.2, 0.25) is 5.76 Å². The molecule has 0 aromatic carbocycles. The maximum absolute atomic E-state index is 12.1. The third kappa shape index (κ3) is 2.14. The molecule has 1 N–H and O–H groups in total. The largest absolute Gasteiger partial charge is 0.480 e. The molecule has 1 amide bonds. The minimum absolute atomic E-state index is 0.135. The van der Waals surface area contributed by atoms with Crippen molar-refractivity contribution in [3.05, 3.63) is 17.3 Å². The number of carbonyl (C=O) groups excluding carboxylic acids is 1. The Morgan fingerprint density at radius 2 is 2.24 bits per heavy atom. The molecule has 1 fully saturated rings. The first kappa shape index (κ1) is 12.0. The Labute approximate surface area is 102 Å². The molecule has 6 nitrogen and oxygen atoms in total. The number of amides is 1. The summed E-state index contributed by atoms with van der Waals surface area (Å²) in [6.45, 7) is 3.32. The second-order valence-corrected chi connectivity index (χ2v) is 4.78. The normalized spacial score (nSPS) is 19.6. The van der Waals surface area contributed by atoms with Crippen LogP contribution in [0.3, 0.4) is 0 Å². The summed E-state index contributed by atoms with van der Waals surface area (Å²) in [7, 11) is 0. The van der Waals surface area contributed by atoms with Crippen LogP contribution in [0.25, 0.3) is 0 Å². The number of carboxylic acid groups (broad SMARTS) is 1. The van der Waals surface area contributed by atoms with Crippen LogP contribution in [0.2, 0.25) is 0 Å². The quantitative estimate of drug-likeness (QED) is 0.846. The molecule has 1 atom stereocenters. The molecule has 1 aromatic heterocycles. The van der Waals surface area contributed by atoms with E-state index in [4.69, 9.17) is 9.52 Å². The summed E-state index contributed by atoms with van der Waals surface area (Å²) in [4.78, 5) is 28.4. The van der Waals surface area contributed by atoms with E-state index in [9.17, 15) is 9.59 Å². The topological polar surface area (TPSA) is 83.6 Å². The molecule has 1 aliphatic heterocycles. The summed E-state index contributed by atoms with van der Waals surface area (Å²) in [6.07, 6.45) is 0. The molecule has 0 bridgehead atoms. The summed E-state index contributed by atoms with van der Waals surface area (Å²) in [6, 6.07) is -0.780. The Kier molecular flexibility index (Phi) is 3.10. The maximum Gasteiger partial charge on any atom is 0.327 e. The summed E-state index contributed by atoms with van der Waals surface area (Å²) in [5.41, 5.74) is 0.494. The first-order chi connectivity index (χ1) is 8.00. The van der Waals surface area contributed by atoms with Crippen molar-refractivity contribution < 1.29 is 19.1 Å². The van der Waals surface area contributed by atoms with Gasteiger partial charge < -0.3 is 14.4 Å². The van der Waals surface area contributed by atoms with E-state index >= 15 is 0 Å². The van der Waals surface area contributed by atoms with E-state index in [0.717, 1.165) is 0 Å². The average molecular weight is 256 g/mol. The number of oxazole rings is 1. The summed E-state index contributed by atoms with van der Waals surface area (Å²) >= 11 is 1.42. The Morgan fingerprint density at radius 1 is 1.53 bits per heavy atom. The third-order valence-corrected chi connectivity index (χ3v) is 3.54. The van der Waals surface area contributed by atoms with Gasteiger partial charge in [-0.2, -0.15) is 0 Å². The Balaban J connectivity index is 2.25. The molecule has 7 heteroatoms. The van der Waals surface area contributed by atoms with Gasteiger partial charge in [-0.1, -0.05) is 0 Å². The zero-order valence-electron chi connectivity index (χ0n) is 9.47. The number of aliphatic carboxylic acids is 1. The van der Waals surface area contributed by atoms with E-state index in [1.54, 1.807) is 13.8 Å². The molecule has 1 saturated heterocycles. The van der Waals surface area contributed by atoms with E-state index < -0.39 is 17.9 Å². The molecule has 1 unspecified atom stereocenters. The molecule has 0 radical (unpaired) electrons. The van der Waals surface area contributed by atoms with Crippen LogP contribution in [0.1, 0.15) is 22.1 Å². The van der Waals surface area contributed by atoms with Crippen molar-refractivity contribution >= 4 is 23.6 Å². The van der Waals surface area contributed by atoms with Gasteiger partial charge in [-0.3, -0.25) is 4.79 Å². The Bertz CT molecular complexity index is 471. The van der Waals surface area contributed by atoms with Crippen LogP contribution in [0.5, 0.6) is 0 Å². The minimum Gasteiger partial charge on any atom is -0.480 e. The van der Waals surface area contributed by atoms with E-state index in [1.807, 2.05) is 0 Å². The highest BCUT2D eigenvalue weighted by molar-refractivity contribution is 7.99. The van der Waals surface area contributed by atoms with Crippen LogP contribution in [-0.4, -0.2) is 44.5 Å². The van der Waals surface area contributed by atoms with Crippen LogP contribution in [-0.2, 0) is 4.79 Å². The molecule has 17 heavy (non-hydrogen) atoms. The van der Waals surface area contributed by atoms with E-state index in [2.05, 4.69) is 4.98 Å². The maximum atomic E-state index is 12.1. The highest BCUT2D eigenvalue weighted by atomic mass is 32.2. The van der Waals surface area contributed by atoms with Crippen molar-refractivity contribution in [3.8, 4) is 0 Å². The Morgan fingerprint density at radius 3 is 2.76 bits per heavy atom. The summed E-state index contributed by atoms with van der Waals surface area (Å²) < 4.78 is 5.21. The highest BCUT2D eigenvalue weighted by Gasteiger charge is 2.37. The van der Waals surface area contributed by atoms with Gasteiger partial charge in [0.25, 0.3) is 5.91 Å². The number of nitrogens with zero attached hydrogens (tertiary/aromatic N) is 2. The lowest BCUT2D eigenvalue weighted by molar-refractivity contribution is -0.140. The predicted octanol–water partition coefficient (Wildman–Crippen LogP) is 0.891. The molecule has 2 rings (SSSR count). The predicted molar refractivity (Wildman–Crippen MR) is 60.9 cm³/mol. The number of aryl methyl sites for hydroxylation is 2. The molecule has 0 spiro atoms. The second kappa shape index (κ2) is 4.40. The molecular formula is C10H12N2O4S. The lowest BCUT2D eigenvalue weighted by Gasteiger charge is -2.19. The monoisotopic (exact) mass is 256 g/mol. The smallest absolute Gasteiger partial charge is 0.327 e. The van der Waals surface area contributed by atoms with Crippen molar-refractivity contribution in [2.24, 2.45) is 0 Å². The highest BCUT2D eigenvalue weighted by Crippen LogP contribution is 2.24. The van der Waals surface area contributed by atoms with E-state index in [-0.39, 0.29) is 5.76 Å². The molecule has 2 heterocycles. The van der Waals surface area contributed by atoms with Crippen LogP contribution in [0.15, 0.2) is 4.42 Å². The number of hydrogen-bond donors (Lipinski definition) is 1. The van der Waals surface area contributed by atoms with Crippen LogP contribution in [0, 0.1) is 13.8 Å². The van der Waals surface area contributed by atoms with Gasteiger partial charge in [-0.25, -0.2) is 9.78 Å². The number of rotatable bonds is 2. The van der Waals surface area contributed by atoms with Gasteiger partial charge in [0.1, 0.15) is 6.04 Å².